The van der Waals surface area contributed by atoms with Crippen molar-refractivity contribution < 1.29 is 9.53 Å². The number of hydrogen-bond acceptors (Lipinski definition) is 3. The van der Waals surface area contributed by atoms with Gasteiger partial charge in [-0.3, -0.25) is 4.79 Å². The minimum absolute atomic E-state index is 0.00897. The molecule has 0 aliphatic heterocycles. The van der Waals surface area contributed by atoms with Crippen molar-refractivity contribution in [3.05, 3.63) is 29.8 Å². The molecule has 1 rings (SSSR count). The Morgan fingerprint density at radius 2 is 1.94 bits per heavy atom. The number of thiol groups is 1. The number of hydrogen-bond donors (Lipinski definition) is 2. The topological polar surface area (TPSA) is 38.3 Å². The van der Waals surface area contributed by atoms with E-state index < -0.39 is 0 Å². The summed E-state index contributed by atoms with van der Waals surface area (Å²) >= 11 is 4.21. The van der Waals surface area contributed by atoms with Gasteiger partial charge in [-0.1, -0.05) is 12.1 Å². The minimum Gasteiger partial charge on any atom is -0.374 e. The van der Waals surface area contributed by atoms with E-state index in [4.69, 9.17) is 4.74 Å². The highest BCUT2D eigenvalue weighted by molar-refractivity contribution is 7.80. The first-order valence-electron chi connectivity index (χ1n) is 6.11. The van der Waals surface area contributed by atoms with Gasteiger partial charge in [0.15, 0.2) is 0 Å². The first kappa shape index (κ1) is 15.1. The van der Waals surface area contributed by atoms with Crippen molar-refractivity contribution in [3.8, 4) is 0 Å². The largest absolute Gasteiger partial charge is 0.374 e. The first-order chi connectivity index (χ1) is 8.43. The predicted octanol–water partition coefficient (Wildman–Crippen LogP) is 2.45. The van der Waals surface area contributed by atoms with Gasteiger partial charge in [-0.05, 0) is 38.5 Å². The molecule has 1 aromatic carbocycles. The maximum atomic E-state index is 11.8. The molecular formula is C14H21NO2S. The van der Waals surface area contributed by atoms with E-state index in [2.05, 4.69) is 17.9 Å². The third kappa shape index (κ3) is 5.56. The molecule has 1 N–H and O–H groups in total. The number of carbonyl (C=O) groups is 1. The Labute approximate surface area is 114 Å². The van der Waals surface area contributed by atoms with E-state index in [0.29, 0.717) is 19.6 Å². The van der Waals surface area contributed by atoms with E-state index >= 15 is 0 Å². The summed E-state index contributed by atoms with van der Waals surface area (Å²) in [6.45, 7) is 7.04. The molecule has 4 heteroatoms. The van der Waals surface area contributed by atoms with Gasteiger partial charge in [0, 0.05) is 18.0 Å². The lowest BCUT2D eigenvalue weighted by Crippen LogP contribution is -2.41. The molecular weight excluding hydrogens is 246 g/mol. The number of benzene rings is 1. The van der Waals surface area contributed by atoms with Crippen molar-refractivity contribution in [3.63, 3.8) is 0 Å². The highest BCUT2D eigenvalue weighted by Gasteiger charge is 2.18. The summed E-state index contributed by atoms with van der Waals surface area (Å²) in [4.78, 5) is 12.7. The van der Waals surface area contributed by atoms with Crippen molar-refractivity contribution in [2.24, 2.45) is 0 Å². The van der Waals surface area contributed by atoms with Crippen LogP contribution in [0.4, 0.5) is 0 Å². The second kappa shape index (κ2) is 6.81. The minimum atomic E-state index is -0.320. The molecule has 0 saturated carbocycles. The van der Waals surface area contributed by atoms with Crippen LogP contribution in [0.2, 0.25) is 0 Å². The molecule has 0 fully saturated rings. The fraction of sp³-hybridized carbons (Fsp3) is 0.500. The van der Waals surface area contributed by atoms with Crippen LogP contribution in [-0.4, -0.2) is 24.7 Å². The van der Waals surface area contributed by atoms with Crippen LogP contribution in [0.5, 0.6) is 0 Å². The quantitative estimate of drug-likeness (QED) is 0.777. The SMILES string of the molecule is CCOC(C)(C)CNC(=O)Cc1ccc(S)cc1. The van der Waals surface area contributed by atoms with Gasteiger partial charge in [-0.25, -0.2) is 0 Å². The van der Waals surface area contributed by atoms with Gasteiger partial charge in [0.1, 0.15) is 0 Å². The van der Waals surface area contributed by atoms with Crippen molar-refractivity contribution in [2.45, 2.75) is 37.7 Å². The molecule has 0 aliphatic rings. The molecule has 3 nitrogen and oxygen atoms in total. The van der Waals surface area contributed by atoms with Crippen LogP contribution in [0.25, 0.3) is 0 Å². The van der Waals surface area contributed by atoms with Gasteiger partial charge in [-0.2, -0.15) is 0 Å². The number of amides is 1. The lowest BCUT2D eigenvalue weighted by atomic mass is 10.1. The number of ether oxygens (including phenoxy) is 1. The summed E-state index contributed by atoms with van der Waals surface area (Å²) in [7, 11) is 0. The second-order valence-corrected chi connectivity index (χ2v) is 5.33. The summed E-state index contributed by atoms with van der Waals surface area (Å²) in [5, 5.41) is 2.89. The van der Waals surface area contributed by atoms with Crippen LogP contribution >= 0.6 is 12.6 Å². The fourth-order valence-electron chi connectivity index (χ4n) is 1.61. The van der Waals surface area contributed by atoms with Crippen molar-refractivity contribution >= 4 is 18.5 Å². The zero-order valence-corrected chi connectivity index (χ0v) is 12.1. The van der Waals surface area contributed by atoms with Crippen LogP contribution in [0.1, 0.15) is 26.3 Å². The molecule has 1 aromatic rings. The number of nitrogens with one attached hydrogen (secondary N) is 1. The average Bonchev–Trinajstić information content (AvgIpc) is 2.30. The van der Waals surface area contributed by atoms with Gasteiger partial charge in [0.2, 0.25) is 5.91 Å². The Balaban J connectivity index is 2.40. The van der Waals surface area contributed by atoms with Crippen LogP contribution in [0.15, 0.2) is 29.2 Å². The molecule has 0 bridgehead atoms. The van der Waals surface area contributed by atoms with Crippen LogP contribution < -0.4 is 5.32 Å². The zero-order valence-electron chi connectivity index (χ0n) is 11.2. The smallest absolute Gasteiger partial charge is 0.224 e. The maximum Gasteiger partial charge on any atom is 0.224 e. The van der Waals surface area contributed by atoms with Crippen LogP contribution in [0, 0.1) is 0 Å². The highest BCUT2D eigenvalue weighted by atomic mass is 32.1. The van der Waals surface area contributed by atoms with E-state index in [-0.39, 0.29) is 11.5 Å². The molecule has 0 aliphatic carbocycles. The van der Waals surface area contributed by atoms with Crippen molar-refractivity contribution in [1.82, 2.24) is 5.32 Å². The molecule has 0 saturated heterocycles. The molecule has 0 atom stereocenters. The Kier molecular flexibility index (Phi) is 5.69. The van der Waals surface area contributed by atoms with E-state index in [1.807, 2.05) is 45.0 Å². The second-order valence-electron chi connectivity index (χ2n) is 4.81. The first-order valence-corrected chi connectivity index (χ1v) is 6.56. The van der Waals surface area contributed by atoms with Gasteiger partial charge >= 0.3 is 0 Å². The Bertz CT molecular complexity index is 387. The summed E-state index contributed by atoms with van der Waals surface area (Å²) < 4.78 is 5.52. The van der Waals surface area contributed by atoms with Gasteiger partial charge in [0.25, 0.3) is 0 Å². The normalized spacial score (nSPS) is 11.3. The molecule has 0 unspecified atom stereocenters. The molecule has 0 spiro atoms. The lowest BCUT2D eigenvalue weighted by Gasteiger charge is -2.24. The summed E-state index contributed by atoms with van der Waals surface area (Å²) in [6.07, 6.45) is 0.385. The molecule has 0 aromatic heterocycles. The molecule has 18 heavy (non-hydrogen) atoms. The Hall–Kier alpha value is -1.00. The Morgan fingerprint density at radius 1 is 1.33 bits per heavy atom. The van der Waals surface area contributed by atoms with Crippen molar-refractivity contribution in [1.29, 1.82) is 0 Å². The average molecular weight is 267 g/mol. The summed E-state index contributed by atoms with van der Waals surface area (Å²) in [5.41, 5.74) is 0.666. The van der Waals surface area contributed by atoms with Gasteiger partial charge < -0.3 is 10.1 Å². The lowest BCUT2D eigenvalue weighted by molar-refractivity contribution is -0.122. The third-order valence-electron chi connectivity index (χ3n) is 2.55. The molecule has 0 radical (unpaired) electrons. The monoisotopic (exact) mass is 267 g/mol. The maximum absolute atomic E-state index is 11.8. The van der Waals surface area contributed by atoms with E-state index in [0.717, 1.165) is 10.5 Å². The van der Waals surface area contributed by atoms with E-state index in [9.17, 15) is 4.79 Å². The van der Waals surface area contributed by atoms with E-state index in [1.54, 1.807) is 0 Å². The number of carbonyl (C=O) groups excluding carboxylic acids is 1. The fourth-order valence-corrected chi connectivity index (χ4v) is 1.76. The molecule has 0 heterocycles. The van der Waals surface area contributed by atoms with Gasteiger partial charge in [0.05, 0.1) is 12.0 Å². The van der Waals surface area contributed by atoms with Crippen molar-refractivity contribution in [2.75, 3.05) is 13.2 Å². The highest BCUT2D eigenvalue weighted by Crippen LogP contribution is 2.09. The molecule has 1 amide bonds. The van der Waals surface area contributed by atoms with Crippen LogP contribution in [-0.2, 0) is 16.0 Å². The number of rotatable bonds is 6. The third-order valence-corrected chi connectivity index (χ3v) is 2.85. The standard InChI is InChI=1S/C14H21NO2S/c1-4-17-14(2,3)10-15-13(16)9-11-5-7-12(18)8-6-11/h5-8,18H,4,9-10H2,1-3H3,(H,15,16). The van der Waals surface area contributed by atoms with E-state index in [1.165, 1.54) is 0 Å². The Morgan fingerprint density at radius 3 is 2.50 bits per heavy atom. The summed E-state index contributed by atoms with van der Waals surface area (Å²) in [5.74, 6) is 0.00897. The van der Waals surface area contributed by atoms with Gasteiger partial charge in [-0.15, -0.1) is 12.6 Å². The zero-order chi connectivity index (χ0) is 13.6. The van der Waals surface area contributed by atoms with Crippen LogP contribution in [0.3, 0.4) is 0 Å². The predicted molar refractivity (Wildman–Crippen MR) is 76.1 cm³/mol. The summed E-state index contributed by atoms with van der Waals surface area (Å²) in [6, 6.07) is 7.59. The molecule has 100 valence electrons.